The summed E-state index contributed by atoms with van der Waals surface area (Å²) in [7, 11) is 0. The molecule has 96 valence electrons. The van der Waals surface area contributed by atoms with Crippen LogP contribution in [0.25, 0.3) is 0 Å². The Labute approximate surface area is 104 Å². The minimum absolute atomic E-state index is 0.0496. The molecule has 0 spiro atoms. The van der Waals surface area contributed by atoms with E-state index in [1.807, 2.05) is 0 Å². The zero-order valence-electron chi connectivity index (χ0n) is 9.78. The Hall–Kier alpha value is -1.95. The highest BCUT2D eigenvalue weighted by Crippen LogP contribution is 2.29. The highest BCUT2D eigenvalue weighted by atomic mass is 16.6. The molecule has 18 heavy (non-hydrogen) atoms. The molecule has 0 aromatic heterocycles. The summed E-state index contributed by atoms with van der Waals surface area (Å²) in [6.07, 6.45) is 1.93. The van der Waals surface area contributed by atoms with E-state index in [0.29, 0.717) is 12.1 Å². The van der Waals surface area contributed by atoms with E-state index in [1.54, 1.807) is 23.1 Å². The predicted octanol–water partition coefficient (Wildman–Crippen LogP) is 1.64. The molecule has 1 aliphatic carbocycles. The molecular formula is C12H14N2O4. The number of nitrogens with zero attached hydrogens (tertiary/aromatic N) is 2. The first-order chi connectivity index (χ1) is 8.58. The molecule has 0 bridgehead atoms. The van der Waals surface area contributed by atoms with Crippen LogP contribution in [0.1, 0.15) is 18.4 Å². The fraction of sp³-hybridized carbons (Fsp3) is 0.417. The molecule has 0 heterocycles. The molecule has 0 radical (unpaired) electrons. The number of carboxylic acids is 1. The van der Waals surface area contributed by atoms with Gasteiger partial charge in [-0.25, -0.2) is 0 Å². The quantitative estimate of drug-likeness (QED) is 0.613. The van der Waals surface area contributed by atoms with Gasteiger partial charge in [-0.2, -0.15) is 0 Å². The van der Waals surface area contributed by atoms with Gasteiger partial charge in [-0.3, -0.25) is 19.8 Å². The van der Waals surface area contributed by atoms with Crippen molar-refractivity contribution in [2.45, 2.75) is 25.4 Å². The SMILES string of the molecule is O=C(O)CN(Cc1ccccc1[N+](=O)[O-])C1CC1. The lowest BCUT2D eigenvalue weighted by atomic mass is 10.1. The Morgan fingerprint density at radius 2 is 2.11 bits per heavy atom. The number of rotatable bonds is 6. The van der Waals surface area contributed by atoms with Crippen molar-refractivity contribution in [2.75, 3.05) is 6.54 Å². The first-order valence-corrected chi connectivity index (χ1v) is 5.76. The molecule has 1 aromatic rings. The summed E-state index contributed by atoms with van der Waals surface area (Å²) in [5.74, 6) is -0.902. The Balaban J connectivity index is 2.15. The van der Waals surface area contributed by atoms with Crippen molar-refractivity contribution in [3.05, 3.63) is 39.9 Å². The second kappa shape index (κ2) is 5.14. The van der Waals surface area contributed by atoms with Crippen molar-refractivity contribution >= 4 is 11.7 Å². The van der Waals surface area contributed by atoms with Crippen molar-refractivity contribution in [1.82, 2.24) is 4.90 Å². The Bertz CT molecular complexity index is 471. The van der Waals surface area contributed by atoms with Crippen LogP contribution in [-0.4, -0.2) is 33.5 Å². The molecule has 0 amide bonds. The monoisotopic (exact) mass is 250 g/mol. The Morgan fingerprint density at radius 1 is 1.44 bits per heavy atom. The molecular weight excluding hydrogens is 236 g/mol. The lowest BCUT2D eigenvalue weighted by molar-refractivity contribution is -0.385. The minimum atomic E-state index is -0.902. The second-order valence-corrected chi connectivity index (χ2v) is 4.42. The Morgan fingerprint density at radius 3 is 2.67 bits per heavy atom. The number of hydrogen-bond acceptors (Lipinski definition) is 4. The molecule has 0 saturated heterocycles. The van der Waals surface area contributed by atoms with E-state index in [9.17, 15) is 14.9 Å². The normalized spacial score (nSPS) is 14.7. The van der Waals surface area contributed by atoms with E-state index in [0.717, 1.165) is 12.8 Å². The van der Waals surface area contributed by atoms with Crippen LogP contribution in [-0.2, 0) is 11.3 Å². The van der Waals surface area contributed by atoms with E-state index in [1.165, 1.54) is 6.07 Å². The van der Waals surface area contributed by atoms with Gasteiger partial charge in [0.2, 0.25) is 0 Å². The number of nitro groups is 1. The van der Waals surface area contributed by atoms with Gasteiger partial charge < -0.3 is 5.11 Å². The smallest absolute Gasteiger partial charge is 0.317 e. The summed E-state index contributed by atoms with van der Waals surface area (Å²) in [6, 6.07) is 6.71. The summed E-state index contributed by atoms with van der Waals surface area (Å²) in [4.78, 5) is 23.0. The topological polar surface area (TPSA) is 83.7 Å². The van der Waals surface area contributed by atoms with Crippen molar-refractivity contribution in [3.8, 4) is 0 Å². The van der Waals surface area contributed by atoms with Gasteiger partial charge in [0.25, 0.3) is 5.69 Å². The third-order valence-electron chi connectivity index (χ3n) is 2.96. The van der Waals surface area contributed by atoms with Gasteiger partial charge in [0.05, 0.1) is 11.5 Å². The molecule has 2 rings (SSSR count). The molecule has 6 nitrogen and oxygen atoms in total. The van der Waals surface area contributed by atoms with Gasteiger partial charge in [0.15, 0.2) is 0 Å². The largest absolute Gasteiger partial charge is 0.480 e. The van der Waals surface area contributed by atoms with Gasteiger partial charge in [-0.1, -0.05) is 18.2 Å². The number of nitro benzene ring substituents is 1. The first kappa shape index (κ1) is 12.5. The maximum atomic E-state index is 10.9. The van der Waals surface area contributed by atoms with Crippen LogP contribution in [0.3, 0.4) is 0 Å². The maximum absolute atomic E-state index is 10.9. The molecule has 6 heteroatoms. The van der Waals surface area contributed by atoms with Crippen molar-refractivity contribution in [3.63, 3.8) is 0 Å². The summed E-state index contributed by atoms with van der Waals surface area (Å²) in [6.45, 7) is 0.241. The lowest BCUT2D eigenvalue weighted by Gasteiger charge is -2.19. The zero-order valence-corrected chi connectivity index (χ0v) is 9.78. The van der Waals surface area contributed by atoms with Crippen LogP contribution in [0.2, 0.25) is 0 Å². The lowest BCUT2D eigenvalue weighted by Crippen LogP contribution is -2.31. The number of para-hydroxylation sites is 1. The van der Waals surface area contributed by atoms with E-state index < -0.39 is 10.9 Å². The molecule has 1 aliphatic rings. The number of carboxylic acid groups (broad SMARTS) is 1. The Kier molecular flexibility index (Phi) is 3.57. The standard InChI is InChI=1S/C12H14N2O4/c15-12(16)8-13(10-5-6-10)7-9-3-1-2-4-11(9)14(17)18/h1-4,10H,5-8H2,(H,15,16). The van der Waals surface area contributed by atoms with E-state index in [-0.39, 0.29) is 18.3 Å². The highest BCUT2D eigenvalue weighted by molar-refractivity contribution is 5.69. The first-order valence-electron chi connectivity index (χ1n) is 5.76. The number of aliphatic carboxylic acids is 1. The predicted molar refractivity (Wildman–Crippen MR) is 64.2 cm³/mol. The summed E-state index contributed by atoms with van der Waals surface area (Å²) in [5.41, 5.74) is 0.615. The molecule has 0 aliphatic heterocycles. The number of benzene rings is 1. The highest BCUT2D eigenvalue weighted by Gasteiger charge is 2.31. The fourth-order valence-corrected chi connectivity index (χ4v) is 1.97. The van der Waals surface area contributed by atoms with Crippen molar-refractivity contribution < 1.29 is 14.8 Å². The number of carbonyl (C=O) groups is 1. The second-order valence-electron chi connectivity index (χ2n) is 4.42. The van der Waals surface area contributed by atoms with Crippen molar-refractivity contribution in [2.24, 2.45) is 0 Å². The average Bonchev–Trinajstić information content (AvgIpc) is 3.11. The van der Waals surface area contributed by atoms with Gasteiger partial charge in [-0.05, 0) is 12.8 Å². The van der Waals surface area contributed by atoms with Crippen LogP contribution in [0.5, 0.6) is 0 Å². The summed E-state index contributed by atoms with van der Waals surface area (Å²) < 4.78 is 0. The molecule has 1 fully saturated rings. The third kappa shape index (κ3) is 3.04. The van der Waals surface area contributed by atoms with E-state index in [2.05, 4.69) is 0 Å². The van der Waals surface area contributed by atoms with Gasteiger partial charge in [-0.15, -0.1) is 0 Å². The summed E-state index contributed by atoms with van der Waals surface area (Å²) >= 11 is 0. The van der Waals surface area contributed by atoms with Crippen LogP contribution >= 0.6 is 0 Å². The molecule has 0 atom stereocenters. The fourth-order valence-electron chi connectivity index (χ4n) is 1.97. The third-order valence-corrected chi connectivity index (χ3v) is 2.96. The van der Waals surface area contributed by atoms with Crippen molar-refractivity contribution in [1.29, 1.82) is 0 Å². The zero-order chi connectivity index (χ0) is 13.1. The minimum Gasteiger partial charge on any atom is -0.480 e. The summed E-state index contributed by atoms with van der Waals surface area (Å²) in [5, 5.41) is 19.7. The maximum Gasteiger partial charge on any atom is 0.317 e. The van der Waals surface area contributed by atoms with E-state index >= 15 is 0 Å². The number of hydrogen-bond donors (Lipinski definition) is 1. The van der Waals surface area contributed by atoms with Crippen LogP contribution in [0, 0.1) is 10.1 Å². The molecule has 1 aromatic carbocycles. The van der Waals surface area contributed by atoms with Crippen LogP contribution in [0.15, 0.2) is 24.3 Å². The van der Waals surface area contributed by atoms with Gasteiger partial charge >= 0.3 is 5.97 Å². The van der Waals surface area contributed by atoms with Crippen LogP contribution < -0.4 is 0 Å². The van der Waals surface area contributed by atoms with Crippen LogP contribution in [0.4, 0.5) is 5.69 Å². The molecule has 1 N–H and O–H groups in total. The molecule has 0 unspecified atom stereocenters. The average molecular weight is 250 g/mol. The molecule has 1 saturated carbocycles. The van der Waals surface area contributed by atoms with E-state index in [4.69, 9.17) is 5.11 Å². The van der Waals surface area contributed by atoms with Gasteiger partial charge in [0.1, 0.15) is 0 Å². The van der Waals surface area contributed by atoms with Gasteiger partial charge in [0, 0.05) is 24.2 Å².